The van der Waals surface area contributed by atoms with Crippen LogP contribution in [0.25, 0.3) is 65.4 Å². The van der Waals surface area contributed by atoms with E-state index < -0.39 is 0 Å². The molecule has 0 saturated carbocycles. The van der Waals surface area contributed by atoms with Crippen molar-refractivity contribution in [2.75, 3.05) is 21.3 Å². The molecule has 0 spiro atoms. The second-order valence-corrected chi connectivity index (χ2v) is 8.66. The van der Waals surface area contributed by atoms with Gasteiger partial charge in [-0.3, -0.25) is 0 Å². The van der Waals surface area contributed by atoms with E-state index in [2.05, 4.69) is 0 Å². The summed E-state index contributed by atoms with van der Waals surface area (Å²) < 4.78 is 18.2. The number of hydrogen-bond donors (Lipinski definition) is 0. The van der Waals surface area contributed by atoms with Gasteiger partial charge in [0.25, 0.3) is 0 Å². The van der Waals surface area contributed by atoms with E-state index in [0.717, 1.165) is 65.4 Å². The fraction of sp³-hybridized carbons (Fsp3) is 0.100. The summed E-state index contributed by atoms with van der Waals surface area (Å²) in [5, 5.41) is 5.15. The molecule has 0 atom stereocenters. The Morgan fingerprint density at radius 3 is 0.972 bits per heavy atom. The zero-order valence-electron chi connectivity index (χ0n) is 20.0. The van der Waals surface area contributed by atoms with E-state index in [-0.39, 0.29) is 0 Å². The lowest BCUT2D eigenvalue weighted by Crippen LogP contribution is -2.00. The average Bonchev–Trinajstić information content (AvgIpc) is 2.93. The summed E-state index contributed by atoms with van der Waals surface area (Å²) >= 11 is 0. The van der Waals surface area contributed by atoms with Crippen LogP contribution in [0.3, 0.4) is 0 Å². The van der Waals surface area contributed by atoms with E-state index in [4.69, 9.17) is 29.2 Å². The summed E-state index contributed by atoms with van der Waals surface area (Å²) in [4.78, 5) is 15.4. The maximum atomic E-state index is 6.06. The van der Waals surface area contributed by atoms with Gasteiger partial charge in [-0.2, -0.15) is 0 Å². The lowest BCUT2D eigenvalue weighted by Gasteiger charge is -2.19. The number of methoxy groups -OCH3 is 3. The normalized spacial score (nSPS) is 11.8. The Morgan fingerprint density at radius 1 is 0.417 bits per heavy atom. The quantitative estimate of drug-likeness (QED) is 0.208. The summed E-state index contributed by atoms with van der Waals surface area (Å²) in [5.74, 6) is 2.13. The minimum atomic E-state index is 0.711. The highest BCUT2D eigenvalue weighted by atomic mass is 16.5. The molecule has 0 unspecified atom stereocenters. The number of nitrogens with zero attached hydrogens (tertiary/aromatic N) is 3. The van der Waals surface area contributed by atoms with Gasteiger partial charge in [0, 0.05) is 16.2 Å². The summed E-state index contributed by atoms with van der Waals surface area (Å²) in [6, 6.07) is 23.9. The summed E-state index contributed by atoms with van der Waals surface area (Å²) in [5.41, 5.74) is 4.66. The maximum Gasteiger partial charge on any atom is 0.139 e. The number of rotatable bonds is 3. The van der Waals surface area contributed by atoms with Gasteiger partial charge in [-0.25, -0.2) is 15.0 Å². The fourth-order valence-electron chi connectivity index (χ4n) is 5.38. The number of ether oxygens (including phenoxy) is 3. The Bertz CT molecular complexity index is 1760. The van der Waals surface area contributed by atoms with Crippen LogP contribution in [-0.2, 0) is 0 Å². The summed E-state index contributed by atoms with van der Waals surface area (Å²) in [6.45, 7) is 0. The molecule has 0 aliphatic carbocycles. The number of para-hydroxylation sites is 3. The molecular weight excluding hydrogens is 450 g/mol. The lowest BCUT2D eigenvalue weighted by molar-refractivity contribution is 0.423. The zero-order valence-corrected chi connectivity index (χ0v) is 20.0. The van der Waals surface area contributed by atoms with Crippen molar-refractivity contribution in [3.63, 3.8) is 0 Å². The first-order valence-corrected chi connectivity index (χ1v) is 11.7. The van der Waals surface area contributed by atoms with Crippen molar-refractivity contribution in [3.05, 3.63) is 72.8 Å². The topological polar surface area (TPSA) is 66.4 Å². The van der Waals surface area contributed by atoms with Crippen LogP contribution in [0.5, 0.6) is 17.2 Å². The molecule has 36 heavy (non-hydrogen) atoms. The average molecular weight is 472 g/mol. The van der Waals surface area contributed by atoms with Gasteiger partial charge in [-0.15, -0.1) is 0 Å². The van der Waals surface area contributed by atoms with Gasteiger partial charge in [0.2, 0.25) is 0 Å². The lowest BCUT2D eigenvalue weighted by atomic mass is 9.97. The number of hydrogen-bond acceptors (Lipinski definition) is 6. The van der Waals surface area contributed by atoms with Crippen LogP contribution in [-0.4, -0.2) is 36.3 Å². The van der Waals surface area contributed by atoms with Crippen molar-refractivity contribution >= 4 is 65.4 Å². The molecule has 3 aromatic heterocycles. The van der Waals surface area contributed by atoms with Crippen LogP contribution >= 0.6 is 0 Å². The predicted molar refractivity (Wildman–Crippen MR) is 145 cm³/mol. The molecule has 0 bridgehead atoms. The number of fused-ring (bicyclic) bond motifs is 9. The third kappa shape index (κ3) is 2.64. The van der Waals surface area contributed by atoms with Gasteiger partial charge in [-0.05, 0) is 36.4 Å². The van der Waals surface area contributed by atoms with Crippen LogP contribution in [0, 0.1) is 0 Å². The highest BCUT2D eigenvalue weighted by Gasteiger charge is 2.25. The molecule has 174 valence electrons. The van der Waals surface area contributed by atoms with Crippen molar-refractivity contribution in [2.45, 2.75) is 0 Å². The van der Waals surface area contributed by atoms with Gasteiger partial charge < -0.3 is 14.2 Å². The van der Waals surface area contributed by atoms with E-state index in [0.29, 0.717) is 17.2 Å². The fourth-order valence-corrected chi connectivity index (χ4v) is 5.38. The third-order valence-electron chi connectivity index (χ3n) is 6.86. The van der Waals surface area contributed by atoms with Crippen molar-refractivity contribution in [3.8, 4) is 17.2 Å². The number of pyridine rings is 3. The van der Waals surface area contributed by atoms with Crippen molar-refractivity contribution in [2.24, 2.45) is 0 Å². The molecule has 7 rings (SSSR count). The van der Waals surface area contributed by atoms with Crippen LogP contribution in [0.15, 0.2) is 72.8 Å². The maximum absolute atomic E-state index is 6.06. The number of benzene rings is 4. The molecule has 4 aromatic carbocycles. The smallest absolute Gasteiger partial charge is 0.139 e. The van der Waals surface area contributed by atoms with Crippen molar-refractivity contribution < 1.29 is 14.2 Å². The third-order valence-corrected chi connectivity index (χ3v) is 6.86. The predicted octanol–water partition coefficient (Wildman–Crippen LogP) is 6.82. The van der Waals surface area contributed by atoms with E-state index in [9.17, 15) is 0 Å². The van der Waals surface area contributed by atoms with Crippen molar-refractivity contribution in [1.82, 2.24) is 15.0 Å². The molecule has 0 aliphatic heterocycles. The molecule has 6 nitrogen and oxygen atoms in total. The second-order valence-electron chi connectivity index (χ2n) is 8.66. The molecule has 6 heteroatoms. The largest absolute Gasteiger partial charge is 0.495 e. The van der Waals surface area contributed by atoms with E-state index in [1.807, 2.05) is 72.8 Å². The number of aromatic nitrogens is 3. The monoisotopic (exact) mass is 471 g/mol. The molecule has 3 heterocycles. The molecule has 0 fully saturated rings. The Labute approximate surface area is 206 Å². The minimum Gasteiger partial charge on any atom is -0.495 e. The van der Waals surface area contributed by atoms with Crippen molar-refractivity contribution in [1.29, 1.82) is 0 Å². The molecule has 0 saturated heterocycles. The van der Waals surface area contributed by atoms with Gasteiger partial charge in [0.05, 0.1) is 70.6 Å². The Balaban J connectivity index is 1.92. The first kappa shape index (κ1) is 20.6. The summed E-state index contributed by atoms with van der Waals surface area (Å²) in [6.07, 6.45) is 0. The highest BCUT2D eigenvalue weighted by molar-refractivity contribution is 6.31. The van der Waals surface area contributed by atoms with Crippen LogP contribution in [0.1, 0.15) is 0 Å². The molecular formula is C30H21N3O3. The van der Waals surface area contributed by atoms with Gasteiger partial charge >= 0.3 is 0 Å². The van der Waals surface area contributed by atoms with E-state index >= 15 is 0 Å². The molecule has 0 amide bonds. The minimum absolute atomic E-state index is 0.711. The molecule has 0 aliphatic rings. The van der Waals surface area contributed by atoms with Gasteiger partial charge in [0.1, 0.15) is 17.2 Å². The van der Waals surface area contributed by atoms with Gasteiger partial charge in [0.15, 0.2) is 0 Å². The van der Waals surface area contributed by atoms with Crippen LogP contribution < -0.4 is 14.2 Å². The molecule has 7 aromatic rings. The standard InChI is InChI=1S/C30H21N3O3/c1-34-28-16-10-4-7-13-19(16)31-25-22(28)26-24(29(35-2)17-11-5-8-14-20(17)32-26)27-23(25)30(36-3)18-12-6-9-15-21(18)33-27/h4-15H,1-3H3. The van der Waals surface area contributed by atoms with E-state index in [1.54, 1.807) is 21.3 Å². The molecule has 0 N–H and O–H groups in total. The SMILES string of the molecule is COc1c2ccccc2nc2c1c1nc3ccccc3c(OC)c1c1nc3ccccc3c(OC)c21. The van der Waals surface area contributed by atoms with Gasteiger partial charge in [-0.1, -0.05) is 36.4 Å². The highest BCUT2D eigenvalue weighted by Crippen LogP contribution is 2.48. The Kier molecular flexibility index (Phi) is 4.39. The molecule has 0 radical (unpaired) electrons. The Hall–Kier alpha value is -4.71. The second kappa shape index (κ2) is 7.65. The first-order valence-electron chi connectivity index (χ1n) is 11.7. The Morgan fingerprint density at radius 2 is 0.694 bits per heavy atom. The van der Waals surface area contributed by atoms with Crippen LogP contribution in [0.2, 0.25) is 0 Å². The first-order chi connectivity index (χ1) is 17.7. The zero-order chi connectivity index (χ0) is 24.4. The summed E-state index contributed by atoms with van der Waals surface area (Å²) in [7, 11) is 5.06. The van der Waals surface area contributed by atoms with Crippen LogP contribution in [0.4, 0.5) is 0 Å². The van der Waals surface area contributed by atoms with E-state index in [1.165, 1.54) is 0 Å².